The summed E-state index contributed by atoms with van der Waals surface area (Å²) in [6.45, 7) is 8.76. The molecule has 1 aliphatic heterocycles. The summed E-state index contributed by atoms with van der Waals surface area (Å²) in [5.41, 5.74) is 0.00643. The van der Waals surface area contributed by atoms with E-state index in [9.17, 15) is 14.4 Å². The minimum Gasteiger partial charge on any atom is -0.490 e. The summed E-state index contributed by atoms with van der Waals surface area (Å²) in [4.78, 5) is 40.3. The van der Waals surface area contributed by atoms with Crippen LogP contribution in [0, 0.1) is 11.3 Å². The third-order valence-corrected chi connectivity index (χ3v) is 5.74. The van der Waals surface area contributed by atoms with Crippen LogP contribution in [0.4, 0.5) is 11.4 Å². The second-order valence-corrected chi connectivity index (χ2v) is 9.43. The topological polar surface area (TPSA) is 88.8 Å². The van der Waals surface area contributed by atoms with E-state index in [2.05, 4.69) is 19.2 Å². The zero-order valence-corrected chi connectivity index (χ0v) is 19.3. The summed E-state index contributed by atoms with van der Waals surface area (Å²) >= 11 is 0. The molecule has 3 aromatic rings. The zero-order valence-electron chi connectivity index (χ0n) is 19.3. The Balaban J connectivity index is 1.66. The molecule has 0 bridgehead atoms. The summed E-state index contributed by atoms with van der Waals surface area (Å²) in [6, 6.07) is 13.7. The molecule has 2 aromatic carbocycles. The van der Waals surface area contributed by atoms with Crippen LogP contribution in [-0.2, 0) is 4.79 Å². The van der Waals surface area contributed by atoms with Gasteiger partial charge in [-0.2, -0.15) is 0 Å². The number of fused-ring (bicyclic) bond motifs is 2. The number of ether oxygens (including phenoxy) is 1. The van der Waals surface area contributed by atoms with E-state index >= 15 is 0 Å². The molecule has 2 heterocycles. The number of para-hydroxylation sites is 1. The van der Waals surface area contributed by atoms with Gasteiger partial charge in [0.05, 0.1) is 11.1 Å². The van der Waals surface area contributed by atoms with Crippen LogP contribution in [0.1, 0.15) is 44.5 Å². The zero-order chi connectivity index (χ0) is 23.8. The number of nitrogens with zero attached hydrogens (tertiary/aromatic N) is 1. The van der Waals surface area contributed by atoms with Gasteiger partial charge < -0.3 is 19.4 Å². The van der Waals surface area contributed by atoms with Gasteiger partial charge in [0, 0.05) is 17.6 Å². The molecular formula is C26H28N2O5. The van der Waals surface area contributed by atoms with Gasteiger partial charge in [-0.25, -0.2) is 4.79 Å². The molecule has 1 N–H and O–H groups in total. The first kappa shape index (κ1) is 22.6. The van der Waals surface area contributed by atoms with E-state index < -0.39 is 16.9 Å². The van der Waals surface area contributed by atoms with Crippen LogP contribution in [0.5, 0.6) is 5.75 Å². The van der Waals surface area contributed by atoms with Crippen molar-refractivity contribution in [3.63, 3.8) is 0 Å². The molecular weight excluding hydrogens is 420 g/mol. The summed E-state index contributed by atoms with van der Waals surface area (Å²) in [5, 5.41) is 3.42. The summed E-state index contributed by atoms with van der Waals surface area (Å²) in [6.07, 6.45) is 0.829. The molecule has 2 amide bonds. The van der Waals surface area contributed by atoms with Crippen molar-refractivity contribution in [2.24, 2.45) is 11.3 Å². The maximum atomic E-state index is 13.3. The van der Waals surface area contributed by atoms with Gasteiger partial charge in [0.15, 0.2) is 0 Å². The molecule has 0 saturated heterocycles. The molecule has 1 aliphatic rings. The summed E-state index contributed by atoms with van der Waals surface area (Å²) in [5.74, 6) is 0.398. The quantitative estimate of drug-likeness (QED) is 0.564. The van der Waals surface area contributed by atoms with Crippen molar-refractivity contribution in [3.8, 4) is 5.75 Å². The highest BCUT2D eigenvalue weighted by molar-refractivity contribution is 6.06. The molecule has 0 saturated carbocycles. The Bertz CT molecular complexity index is 1280. The fraction of sp³-hybridized carbons (Fsp3) is 0.346. The summed E-state index contributed by atoms with van der Waals surface area (Å²) < 4.78 is 11.2. The third kappa shape index (κ3) is 4.62. The number of anilines is 2. The van der Waals surface area contributed by atoms with E-state index in [4.69, 9.17) is 9.15 Å². The molecule has 0 fully saturated rings. The minimum absolute atomic E-state index is 0.0273. The Kier molecular flexibility index (Phi) is 5.97. The second-order valence-electron chi connectivity index (χ2n) is 9.43. The van der Waals surface area contributed by atoms with E-state index in [1.165, 1.54) is 6.07 Å². The molecule has 0 spiro atoms. The first-order valence-electron chi connectivity index (χ1n) is 11.1. The monoisotopic (exact) mass is 448 g/mol. The van der Waals surface area contributed by atoms with Gasteiger partial charge in [-0.1, -0.05) is 32.0 Å². The number of benzene rings is 2. The fourth-order valence-electron chi connectivity index (χ4n) is 3.75. The maximum absolute atomic E-state index is 13.3. The lowest BCUT2D eigenvalue weighted by Gasteiger charge is -2.28. The maximum Gasteiger partial charge on any atom is 0.349 e. The van der Waals surface area contributed by atoms with Gasteiger partial charge in [0.25, 0.3) is 5.91 Å². The SMILES string of the molecule is CC(C)CCN1C(=O)C(C)(C)COc2ccc(NC(=O)c3cc4ccccc4oc3=O)cc21. The van der Waals surface area contributed by atoms with E-state index in [1.807, 2.05) is 13.8 Å². The Morgan fingerprint density at radius 3 is 2.64 bits per heavy atom. The highest BCUT2D eigenvalue weighted by Gasteiger charge is 2.37. The lowest BCUT2D eigenvalue weighted by molar-refractivity contribution is -0.127. The van der Waals surface area contributed by atoms with Crippen molar-refractivity contribution in [2.75, 3.05) is 23.4 Å². The molecule has 33 heavy (non-hydrogen) atoms. The largest absolute Gasteiger partial charge is 0.490 e. The van der Waals surface area contributed by atoms with Crippen molar-refractivity contribution in [1.82, 2.24) is 0 Å². The highest BCUT2D eigenvalue weighted by Crippen LogP contribution is 2.38. The molecule has 7 heteroatoms. The van der Waals surface area contributed by atoms with Gasteiger partial charge in [-0.05, 0) is 56.5 Å². The predicted octanol–water partition coefficient (Wildman–Crippen LogP) is 4.84. The number of carbonyl (C=O) groups excluding carboxylic acids is 2. The van der Waals surface area contributed by atoms with E-state index in [1.54, 1.807) is 47.4 Å². The lowest BCUT2D eigenvalue weighted by Crippen LogP contribution is -2.42. The average Bonchev–Trinajstić information content (AvgIpc) is 2.86. The van der Waals surface area contributed by atoms with Crippen molar-refractivity contribution in [1.29, 1.82) is 0 Å². The number of amides is 2. The van der Waals surface area contributed by atoms with Crippen molar-refractivity contribution >= 4 is 34.2 Å². The Morgan fingerprint density at radius 1 is 1.12 bits per heavy atom. The van der Waals surface area contributed by atoms with Crippen molar-refractivity contribution in [3.05, 3.63) is 64.5 Å². The van der Waals surface area contributed by atoms with Crippen LogP contribution < -0.4 is 20.6 Å². The van der Waals surface area contributed by atoms with Crippen LogP contribution in [0.25, 0.3) is 11.0 Å². The number of rotatable bonds is 5. The molecule has 172 valence electrons. The predicted molar refractivity (Wildman–Crippen MR) is 128 cm³/mol. The van der Waals surface area contributed by atoms with Gasteiger partial charge in [0.1, 0.15) is 23.5 Å². The van der Waals surface area contributed by atoms with Crippen LogP contribution in [-0.4, -0.2) is 25.0 Å². The van der Waals surface area contributed by atoms with Gasteiger partial charge in [-0.15, -0.1) is 0 Å². The number of hydrogen-bond acceptors (Lipinski definition) is 5. The number of hydrogen-bond donors (Lipinski definition) is 1. The first-order chi connectivity index (χ1) is 15.7. The number of nitrogens with one attached hydrogen (secondary N) is 1. The molecule has 4 rings (SSSR count). The molecule has 7 nitrogen and oxygen atoms in total. The Labute approximate surface area is 192 Å². The van der Waals surface area contributed by atoms with Crippen LogP contribution >= 0.6 is 0 Å². The minimum atomic E-state index is -0.709. The Hall–Kier alpha value is -3.61. The van der Waals surface area contributed by atoms with Crippen LogP contribution in [0.15, 0.2) is 57.7 Å². The van der Waals surface area contributed by atoms with Crippen LogP contribution in [0.3, 0.4) is 0 Å². The molecule has 0 unspecified atom stereocenters. The van der Waals surface area contributed by atoms with Gasteiger partial charge in [-0.3, -0.25) is 9.59 Å². The fourth-order valence-corrected chi connectivity index (χ4v) is 3.75. The third-order valence-electron chi connectivity index (χ3n) is 5.74. The normalized spacial score (nSPS) is 15.2. The van der Waals surface area contributed by atoms with E-state index in [-0.39, 0.29) is 18.1 Å². The van der Waals surface area contributed by atoms with Gasteiger partial charge in [0.2, 0.25) is 5.91 Å². The summed E-state index contributed by atoms with van der Waals surface area (Å²) in [7, 11) is 0. The molecule has 0 atom stereocenters. The lowest BCUT2D eigenvalue weighted by atomic mass is 9.92. The van der Waals surface area contributed by atoms with Gasteiger partial charge >= 0.3 is 5.63 Å². The smallest absolute Gasteiger partial charge is 0.349 e. The van der Waals surface area contributed by atoms with E-state index in [0.717, 1.165) is 6.42 Å². The standard InChI is InChI=1S/C26H28N2O5/c1-16(2)11-12-28-20-14-18(9-10-22(20)32-15-26(3,4)25(28)31)27-23(29)19-13-17-7-5-6-8-21(17)33-24(19)30/h5-10,13-14,16H,11-12,15H2,1-4H3,(H,27,29). The van der Waals surface area contributed by atoms with Crippen molar-refractivity contribution < 1.29 is 18.7 Å². The highest BCUT2D eigenvalue weighted by atomic mass is 16.5. The average molecular weight is 449 g/mol. The van der Waals surface area contributed by atoms with Crippen LogP contribution in [0.2, 0.25) is 0 Å². The first-order valence-corrected chi connectivity index (χ1v) is 11.1. The molecule has 1 aromatic heterocycles. The second kappa shape index (κ2) is 8.73. The Morgan fingerprint density at radius 2 is 1.88 bits per heavy atom. The molecule has 0 radical (unpaired) electrons. The van der Waals surface area contributed by atoms with E-state index in [0.29, 0.717) is 40.6 Å². The number of carbonyl (C=O) groups is 2. The van der Waals surface area contributed by atoms with Crippen molar-refractivity contribution in [2.45, 2.75) is 34.1 Å². The molecule has 0 aliphatic carbocycles.